The molecule has 20 heavy (non-hydrogen) atoms. The monoisotopic (exact) mass is 276 g/mol. The van der Waals surface area contributed by atoms with Crippen molar-refractivity contribution in [3.05, 3.63) is 23.8 Å². The first-order valence-corrected chi connectivity index (χ1v) is 6.30. The Hall–Kier alpha value is -2.37. The van der Waals surface area contributed by atoms with E-state index >= 15 is 0 Å². The van der Waals surface area contributed by atoms with Crippen molar-refractivity contribution < 1.29 is 19.5 Å². The second-order valence-electron chi connectivity index (χ2n) is 4.99. The number of carboxylic acids is 1. The van der Waals surface area contributed by atoms with Gasteiger partial charge in [-0.1, -0.05) is 0 Å². The molecule has 1 fully saturated rings. The van der Waals surface area contributed by atoms with Crippen LogP contribution < -0.4 is 10.6 Å². The Kier molecular flexibility index (Phi) is 3.74. The van der Waals surface area contributed by atoms with Crippen molar-refractivity contribution in [2.24, 2.45) is 11.8 Å². The van der Waals surface area contributed by atoms with Gasteiger partial charge in [-0.3, -0.25) is 14.4 Å². The summed E-state index contributed by atoms with van der Waals surface area (Å²) in [6.45, 7) is 3.24. The van der Waals surface area contributed by atoms with E-state index in [2.05, 4.69) is 10.6 Å². The number of nitrogens with one attached hydrogen (secondary N) is 2. The van der Waals surface area contributed by atoms with E-state index in [1.54, 1.807) is 18.2 Å². The molecule has 6 nitrogen and oxygen atoms in total. The number of hydrogen-bond acceptors (Lipinski definition) is 3. The number of aryl methyl sites for hydroxylation is 1. The zero-order chi connectivity index (χ0) is 14.9. The molecule has 0 heterocycles. The van der Waals surface area contributed by atoms with Gasteiger partial charge in [0.25, 0.3) is 0 Å². The summed E-state index contributed by atoms with van der Waals surface area (Å²) in [5, 5.41) is 14.2. The maximum Gasteiger partial charge on any atom is 0.307 e. The minimum absolute atomic E-state index is 0.160. The lowest BCUT2D eigenvalue weighted by Gasteiger charge is -2.10. The van der Waals surface area contributed by atoms with Crippen LogP contribution in [0.1, 0.15) is 18.9 Å². The largest absolute Gasteiger partial charge is 0.481 e. The Morgan fingerprint density at radius 2 is 1.90 bits per heavy atom. The van der Waals surface area contributed by atoms with E-state index in [1.165, 1.54) is 6.92 Å². The number of carbonyl (C=O) groups excluding carboxylic acids is 2. The summed E-state index contributed by atoms with van der Waals surface area (Å²) < 4.78 is 0. The van der Waals surface area contributed by atoms with Crippen LogP contribution in [0.25, 0.3) is 0 Å². The molecule has 3 N–H and O–H groups in total. The van der Waals surface area contributed by atoms with Gasteiger partial charge in [0.05, 0.1) is 11.8 Å². The second-order valence-corrected chi connectivity index (χ2v) is 4.99. The molecule has 0 aliphatic heterocycles. The van der Waals surface area contributed by atoms with Gasteiger partial charge in [0.15, 0.2) is 0 Å². The molecule has 6 heteroatoms. The SMILES string of the molecule is CC(=O)Nc1ccc(NC(=O)C2CC2C(=O)O)cc1C. The molecule has 106 valence electrons. The molecule has 1 aromatic rings. The number of rotatable bonds is 4. The van der Waals surface area contributed by atoms with Crippen LogP contribution in [0.4, 0.5) is 11.4 Å². The van der Waals surface area contributed by atoms with Crippen molar-refractivity contribution in [3.63, 3.8) is 0 Å². The summed E-state index contributed by atoms with van der Waals surface area (Å²) in [6.07, 6.45) is 0.393. The highest BCUT2D eigenvalue weighted by molar-refractivity contribution is 5.98. The number of amides is 2. The van der Waals surface area contributed by atoms with E-state index in [0.29, 0.717) is 17.8 Å². The van der Waals surface area contributed by atoms with E-state index < -0.39 is 17.8 Å². The first-order valence-electron chi connectivity index (χ1n) is 6.30. The quantitative estimate of drug-likeness (QED) is 0.778. The van der Waals surface area contributed by atoms with Gasteiger partial charge in [-0.2, -0.15) is 0 Å². The normalized spacial score (nSPS) is 20.1. The van der Waals surface area contributed by atoms with Gasteiger partial charge in [0.2, 0.25) is 11.8 Å². The second kappa shape index (κ2) is 5.32. The van der Waals surface area contributed by atoms with E-state index in [-0.39, 0.29) is 11.8 Å². The lowest BCUT2D eigenvalue weighted by molar-refractivity contribution is -0.139. The van der Waals surface area contributed by atoms with E-state index in [4.69, 9.17) is 5.11 Å². The lowest BCUT2D eigenvalue weighted by Crippen LogP contribution is -2.17. The molecule has 0 spiro atoms. The van der Waals surface area contributed by atoms with Crippen molar-refractivity contribution in [2.75, 3.05) is 10.6 Å². The third-order valence-electron chi connectivity index (χ3n) is 3.25. The van der Waals surface area contributed by atoms with Gasteiger partial charge >= 0.3 is 5.97 Å². The highest BCUT2D eigenvalue weighted by Gasteiger charge is 2.48. The third-order valence-corrected chi connectivity index (χ3v) is 3.25. The zero-order valence-corrected chi connectivity index (χ0v) is 11.3. The maximum absolute atomic E-state index is 11.8. The number of anilines is 2. The fourth-order valence-corrected chi connectivity index (χ4v) is 2.06. The molecular weight excluding hydrogens is 260 g/mol. The van der Waals surface area contributed by atoms with Gasteiger partial charge in [0, 0.05) is 18.3 Å². The van der Waals surface area contributed by atoms with Crippen LogP contribution in [0, 0.1) is 18.8 Å². The van der Waals surface area contributed by atoms with Gasteiger partial charge in [-0.25, -0.2) is 0 Å². The summed E-state index contributed by atoms with van der Waals surface area (Å²) in [6, 6.07) is 5.11. The Bertz CT molecular complexity index is 583. The highest BCUT2D eigenvalue weighted by atomic mass is 16.4. The van der Waals surface area contributed by atoms with E-state index in [0.717, 1.165) is 5.56 Å². The molecule has 2 rings (SSSR count). The molecule has 1 aliphatic rings. The smallest absolute Gasteiger partial charge is 0.307 e. The van der Waals surface area contributed by atoms with Crippen LogP contribution in [0.2, 0.25) is 0 Å². The summed E-state index contributed by atoms with van der Waals surface area (Å²) in [5.74, 6) is -2.36. The van der Waals surface area contributed by atoms with Crippen LogP contribution >= 0.6 is 0 Å². The summed E-state index contributed by atoms with van der Waals surface area (Å²) in [7, 11) is 0. The number of aliphatic carboxylic acids is 1. The minimum Gasteiger partial charge on any atom is -0.481 e. The van der Waals surface area contributed by atoms with Gasteiger partial charge in [-0.15, -0.1) is 0 Å². The topological polar surface area (TPSA) is 95.5 Å². The molecule has 1 saturated carbocycles. The first-order chi connectivity index (χ1) is 9.38. The number of carbonyl (C=O) groups is 3. The fraction of sp³-hybridized carbons (Fsp3) is 0.357. The average molecular weight is 276 g/mol. The van der Waals surface area contributed by atoms with Crippen LogP contribution in [-0.4, -0.2) is 22.9 Å². The Morgan fingerprint density at radius 1 is 1.20 bits per heavy atom. The van der Waals surface area contributed by atoms with Crippen LogP contribution in [-0.2, 0) is 14.4 Å². The zero-order valence-electron chi connectivity index (χ0n) is 11.3. The Labute approximate surface area is 116 Å². The number of carboxylic acid groups (broad SMARTS) is 1. The molecule has 1 aromatic carbocycles. The molecule has 0 bridgehead atoms. The summed E-state index contributed by atoms with van der Waals surface area (Å²) in [4.78, 5) is 33.5. The predicted molar refractivity (Wildman–Crippen MR) is 73.3 cm³/mol. The lowest BCUT2D eigenvalue weighted by atomic mass is 10.1. The maximum atomic E-state index is 11.8. The molecular formula is C14H16N2O4. The molecule has 2 atom stereocenters. The Morgan fingerprint density at radius 3 is 2.40 bits per heavy atom. The fourth-order valence-electron chi connectivity index (χ4n) is 2.06. The van der Waals surface area contributed by atoms with Crippen molar-refractivity contribution in [1.29, 1.82) is 0 Å². The molecule has 0 radical (unpaired) electrons. The molecule has 1 aliphatic carbocycles. The van der Waals surface area contributed by atoms with Crippen LogP contribution in [0.5, 0.6) is 0 Å². The van der Waals surface area contributed by atoms with Crippen molar-refractivity contribution >= 4 is 29.2 Å². The number of benzene rings is 1. The average Bonchev–Trinajstić information content (AvgIpc) is 3.12. The van der Waals surface area contributed by atoms with E-state index in [1.807, 2.05) is 6.92 Å². The Balaban J connectivity index is 2.00. The minimum atomic E-state index is -0.928. The van der Waals surface area contributed by atoms with Crippen molar-refractivity contribution in [2.45, 2.75) is 20.3 Å². The standard InChI is InChI=1S/C14H16N2O4/c1-7-5-9(3-4-12(7)15-8(2)17)16-13(18)10-6-11(10)14(19)20/h3-5,10-11H,6H2,1-2H3,(H,15,17)(H,16,18)(H,19,20). The van der Waals surface area contributed by atoms with Crippen LogP contribution in [0.15, 0.2) is 18.2 Å². The van der Waals surface area contributed by atoms with Gasteiger partial charge in [0.1, 0.15) is 0 Å². The van der Waals surface area contributed by atoms with Gasteiger partial charge < -0.3 is 15.7 Å². The predicted octanol–water partition coefficient (Wildman–Crippen LogP) is 1.61. The molecule has 2 unspecified atom stereocenters. The molecule has 0 saturated heterocycles. The molecule has 0 aromatic heterocycles. The number of hydrogen-bond donors (Lipinski definition) is 3. The van der Waals surface area contributed by atoms with Gasteiger partial charge in [-0.05, 0) is 37.1 Å². The molecule has 2 amide bonds. The summed E-state index contributed by atoms with van der Waals surface area (Å²) >= 11 is 0. The first kappa shape index (κ1) is 14.0. The van der Waals surface area contributed by atoms with Crippen molar-refractivity contribution in [1.82, 2.24) is 0 Å². The van der Waals surface area contributed by atoms with E-state index in [9.17, 15) is 14.4 Å². The van der Waals surface area contributed by atoms with Crippen molar-refractivity contribution in [3.8, 4) is 0 Å². The highest BCUT2D eigenvalue weighted by Crippen LogP contribution is 2.39. The summed E-state index contributed by atoms with van der Waals surface area (Å²) in [5.41, 5.74) is 2.10. The third kappa shape index (κ3) is 3.14. The van der Waals surface area contributed by atoms with Crippen LogP contribution in [0.3, 0.4) is 0 Å².